The SMILES string of the molecule is [CH2-]C.[Ni].c1ccc(Pc2ccccc2)cc1. The third-order valence-corrected chi connectivity index (χ3v) is 3.08. The first-order valence-corrected chi connectivity index (χ1v) is 6.03. The van der Waals surface area contributed by atoms with Crippen LogP contribution in [-0.4, -0.2) is 0 Å². The van der Waals surface area contributed by atoms with Gasteiger partial charge < -0.3 is 6.92 Å². The van der Waals surface area contributed by atoms with Gasteiger partial charge in [0, 0.05) is 16.5 Å². The fraction of sp³-hybridized carbons (Fsp3) is 0.0714. The van der Waals surface area contributed by atoms with Crippen LogP contribution >= 0.6 is 8.58 Å². The maximum absolute atomic E-state index is 3.25. The molecule has 0 saturated heterocycles. The zero-order chi connectivity index (χ0) is 10.9. The molecular weight excluding hydrogens is 258 g/mol. The van der Waals surface area contributed by atoms with Crippen LogP contribution in [0.1, 0.15) is 6.92 Å². The molecule has 0 amide bonds. The van der Waals surface area contributed by atoms with Gasteiger partial charge in [0.1, 0.15) is 0 Å². The molecule has 0 atom stereocenters. The van der Waals surface area contributed by atoms with Gasteiger partial charge in [0.05, 0.1) is 0 Å². The summed E-state index contributed by atoms with van der Waals surface area (Å²) in [5.74, 6) is 0. The van der Waals surface area contributed by atoms with Crippen LogP contribution < -0.4 is 10.6 Å². The molecule has 0 unspecified atom stereocenters. The Labute approximate surface area is 110 Å². The monoisotopic (exact) mass is 273 g/mol. The van der Waals surface area contributed by atoms with E-state index in [0.29, 0.717) is 0 Å². The number of benzene rings is 2. The number of rotatable bonds is 2. The van der Waals surface area contributed by atoms with Crippen LogP contribution in [0.2, 0.25) is 0 Å². The second-order valence-electron chi connectivity index (χ2n) is 2.86. The van der Waals surface area contributed by atoms with Crippen LogP contribution in [0.4, 0.5) is 0 Å². The van der Waals surface area contributed by atoms with Gasteiger partial charge in [-0.1, -0.05) is 69.2 Å². The summed E-state index contributed by atoms with van der Waals surface area (Å²) in [6.07, 6.45) is 0. The van der Waals surface area contributed by atoms with Gasteiger partial charge in [-0.15, -0.1) is 0 Å². The average molecular weight is 274 g/mol. The van der Waals surface area contributed by atoms with Gasteiger partial charge in [-0.2, -0.15) is 6.92 Å². The van der Waals surface area contributed by atoms with Crippen LogP contribution in [0.5, 0.6) is 0 Å². The van der Waals surface area contributed by atoms with Crippen LogP contribution in [0.25, 0.3) is 0 Å². The van der Waals surface area contributed by atoms with E-state index < -0.39 is 0 Å². The third-order valence-electron chi connectivity index (χ3n) is 1.84. The van der Waals surface area contributed by atoms with Crippen molar-refractivity contribution in [3.05, 3.63) is 67.6 Å². The quantitative estimate of drug-likeness (QED) is 0.448. The standard InChI is InChI=1S/C12H11P.C2H5.Ni/c1-3-7-11(8-4-1)13-12-9-5-2-6-10-12;1-2;/h1-10,13H;1H2,2H3;/q;-1;. The molecule has 0 saturated carbocycles. The molecule has 2 rings (SSSR count). The van der Waals surface area contributed by atoms with Crippen molar-refractivity contribution in [1.29, 1.82) is 0 Å². The van der Waals surface area contributed by atoms with E-state index in [-0.39, 0.29) is 16.5 Å². The molecule has 2 aromatic rings. The minimum atomic E-state index is 0. The van der Waals surface area contributed by atoms with Crippen LogP contribution in [-0.2, 0) is 16.5 Å². The molecule has 88 valence electrons. The topological polar surface area (TPSA) is 0 Å². The van der Waals surface area contributed by atoms with E-state index in [0.717, 1.165) is 8.58 Å². The predicted molar refractivity (Wildman–Crippen MR) is 71.5 cm³/mol. The first-order chi connectivity index (χ1) is 7.45. The van der Waals surface area contributed by atoms with Crippen molar-refractivity contribution in [3.63, 3.8) is 0 Å². The Morgan fingerprint density at radius 2 is 1.00 bits per heavy atom. The summed E-state index contributed by atoms with van der Waals surface area (Å²) >= 11 is 0. The minimum absolute atomic E-state index is 0. The van der Waals surface area contributed by atoms with Crippen LogP contribution in [0.15, 0.2) is 60.7 Å². The third kappa shape index (κ3) is 5.45. The molecule has 0 radical (unpaired) electrons. The van der Waals surface area contributed by atoms with Crippen molar-refractivity contribution < 1.29 is 16.5 Å². The molecular formula is C14H16NiP-. The Kier molecular flexibility index (Phi) is 9.20. The molecule has 0 fully saturated rings. The van der Waals surface area contributed by atoms with Gasteiger partial charge in [0.25, 0.3) is 0 Å². The summed E-state index contributed by atoms with van der Waals surface area (Å²) in [5.41, 5.74) is 0. The average Bonchev–Trinajstić information content (AvgIpc) is 2.34. The first kappa shape index (κ1) is 15.4. The second-order valence-corrected chi connectivity index (χ2v) is 4.26. The Hall–Kier alpha value is -0.636. The van der Waals surface area contributed by atoms with E-state index in [4.69, 9.17) is 0 Å². The van der Waals surface area contributed by atoms with Gasteiger partial charge in [0.15, 0.2) is 0 Å². The maximum atomic E-state index is 3.25. The normalized spacial score (nSPS) is 8.38. The summed E-state index contributed by atoms with van der Waals surface area (Å²) < 4.78 is 0. The van der Waals surface area contributed by atoms with E-state index in [1.165, 1.54) is 10.6 Å². The molecule has 0 aliphatic heterocycles. The number of hydrogen-bond donors (Lipinski definition) is 0. The van der Waals surface area contributed by atoms with Gasteiger partial charge in [0.2, 0.25) is 0 Å². The fourth-order valence-corrected chi connectivity index (χ4v) is 2.26. The Morgan fingerprint density at radius 1 is 0.688 bits per heavy atom. The smallest absolute Gasteiger partial charge is 0 e. The molecule has 0 spiro atoms. The molecule has 0 bridgehead atoms. The van der Waals surface area contributed by atoms with Crippen molar-refractivity contribution >= 4 is 19.2 Å². The summed E-state index contributed by atoms with van der Waals surface area (Å²) in [5, 5.41) is 2.79. The first-order valence-electron chi connectivity index (χ1n) is 5.03. The zero-order valence-corrected chi connectivity index (χ0v) is 11.3. The Bertz CT molecular complexity index is 322. The molecule has 0 nitrogen and oxygen atoms in total. The van der Waals surface area contributed by atoms with Crippen molar-refractivity contribution in [3.8, 4) is 0 Å². The van der Waals surface area contributed by atoms with E-state index >= 15 is 0 Å². The van der Waals surface area contributed by atoms with E-state index in [1.54, 1.807) is 6.92 Å². The van der Waals surface area contributed by atoms with E-state index in [1.807, 2.05) is 0 Å². The zero-order valence-electron chi connectivity index (χ0n) is 9.30. The van der Waals surface area contributed by atoms with Crippen molar-refractivity contribution in [2.24, 2.45) is 0 Å². The Balaban J connectivity index is 0.000000711. The van der Waals surface area contributed by atoms with Crippen molar-refractivity contribution in [2.75, 3.05) is 0 Å². The van der Waals surface area contributed by atoms with Crippen molar-refractivity contribution in [1.82, 2.24) is 0 Å². The predicted octanol–water partition coefficient (Wildman–Crippen LogP) is 3.15. The summed E-state index contributed by atoms with van der Waals surface area (Å²) in [6, 6.07) is 21.2. The van der Waals surface area contributed by atoms with Crippen LogP contribution in [0.3, 0.4) is 0 Å². The molecule has 16 heavy (non-hydrogen) atoms. The minimum Gasteiger partial charge on any atom is -0.346 e. The van der Waals surface area contributed by atoms with Crippen LogP contribution in [0, 0.1) is 6.92 Å². The molecule has 0 N–H and O–H groups in total. The molecule has 2 aromatic carbocycles. The molecule has 0 aromatic heterocycles. The van der Waals surface area contributed by atoms with Gasteiger partial charge in [-0.3, -0.25) is 0 Å². The summed E-state index contributed by atoms with van der Waals surface area (Å²) in [4.78, 5) is 0. The molecule has 0 aliphatic rings. The molecule has 0 aliphatic carbocycles. The van der Waals surface area contributed by atoms with Crippen molar-refractivity contribution in [2.45, 2.75) is 6.92 Å². The summed E-state index contributed by atoms with van der Waals surface area (Å²) in [6.45, 7) is 5.00. The molecule has 2 heteroatoms. The van der Waals surface area contributed by atoms with Gasteiger partial charge in [-0.25, -0.2) is 0 Å². The fourth-order valence-electron chi connectivity index (χ4n) is 1.21. The molecule has 0 heterocycles. The maximum Gasteiger partial charge on any atom is 0 e. The second kappa shape index (κ2) is 9.58. The number of hydrogen-bond acceptors (Lipinski definition) is 0. The van der Waals surface area contributed by atoms with E-state index in [2.05, 4.69) is 67.6 Å². The largest absolute Gasteiger partial charge is 0.346 e. The van der Waals surface area contributed by atoms with Gasteiger partial charge >= 0.3 is 0 Å². The Morgan fingerprint density at radius 3 is 1.31 bits per heavy atom. The van der Waals surface area contributed by atoms with Gasteiger partial charge in [-0.05, 0) is 10.6 Å². The summed E-state index contributed by atoms with van der Waals surface area (Å²) in [7, 11) is 0.777. The van der Waals surface area contributed by atoms with E-state index in [9.17, 15) is 0 Å².